The molecule has 0 radical (unpaired) electrons. The first kappa shape index (κ1) is 9.92. The third-order valence-electron chi connectivity index (χ3n) is 1.27. The minimum Gasteiger partial charge on any atom is -0.392 e. The van der Waals surface area contributed by atoms with Crippen molar-refractivity contribution in [3.05, 3.63) is 0 Å². The maximum absolute atomic E-state index is 8.85. The second-order valence-electron chi connectivity index (χ2n) is 2.71. The van der Waals surface area contributed by atoms with E-state index in [-0.39, 0.29) is 6.10 Å². The number of hydrogen-bond acceptors (Lipinski definition) is 2. The van der Waals surface area contributed by atoms with Crippen LogP contribution in [0.5, 0.6) is 0 Å². The van der Waals surface area contributed by atoms with Gasteiger partial charge in [0.15, 0.2) is 0 Å². The fraction of sp³-hybridized carbons (Fsp3) is 1.00. The topological polar surface area (TPSA) is 32.3 Å². The van der Waals surface area contributed by atoms with Gasteiger partial charge in [0, 0.05) is 6.54 Å². The molecule has 1 unspecified atom stereocenters. The fourth-order valence-corrected chi connectivity index (χ4v) is 0.833. The lowest BCUT2D eigenvalue weighted by Gasteiger charge is -2.16. The molecule has 1 fully saturated rings. The maximum Gasteiger partial charge on any atom is 0.0665 e. The van der Waals surface area contributed by atoms with Crippen molar-refractivity contribution in [2.45, 2.75) is 39.2 Å². The van der Waals surface area contributed by atoms with Crippen LogP contribution in [0.4, 0.5) is 0 Å². The first-order valence-corrected chi connectivity index (χ1v) is 4.20. The lowest BCUT2D eigenvalue weighted by Crippen LogP contribution is -2.33. The van der Waals surface area contributed by atoms with Crippen LogP contribution in [0.15, 0.2) is 0 Å². The summed E-state index contributed by atoms with van der Waals surface area (Å²) >= 11 is 0. The number of aliphatic hydroxyl groups is 1. The van der Waals surface area contributed by atoms with Gasteiger partial charge in [0.05, 0.1) is 6.10 Å². The van der Waals surface area contributed by atoms with Gasteiger partial charge in [-0.3, -0.25) is 0 Å². The van der Waals surface area contributed by atoms with Crippen LogP contribution in [0.1, 0.15) is 33.1 Å². The molecule has 0 aliphatic carbocycles. The van der Waals surface area contributed by atoms with Gasteiger partial charge >= 0.3 is 0 Å². The molecule has 1 aliphatic heterocycles. The van der Waals surface area contributed by atoms with Crippen molar-refractivity contribution in [2.24, 2.45) is 0 Å². The van der Waals surface area contributed by atoms with Gasteiger partial charge in [-0.2, -0.15) is 0 Å². The van der Waals surface area contributed by atoms with Gasteiger partial charge in [-0.1, -0.05) is 20.3 Å². The predicted molar refractivity (Wildman–Crippen MR) is 44.1 cm³/mol. The van der Waals surface area contributed by atoms with E-state index in [1.165, 1.54) is 6.42 Å². The summed E-state index contributed by atoms with van der Waals surface area (Å²) in [6, 6.07) is 0. The van der Waals surface area contributed by atoms with Crippen molar-refractivity contribution in [3.8, 4) is 0 Å². The first-order valence-electron chi connectivity index (χ1n) is 4.20. The quantitative estimate of drug-likeness (QED) is 0.536. The van der Waals surface area contributed by atoms with Crippen LogP contribution < -0.4 is 5.32 Å². The van der Waals surface area contributed by atoms with Crippen molar-refractivity contribution < 1.29 is 5.11 Å². The summed E-state index contributed by atoms with van der Waals surface area (Å²) in [5.41, 5.74) is 0. The van der Waals surface area contributed by atoms with Gasteiger partial charge < -0.3 is 10.4 Å². The van der Waals surface area contributed by atoms with Crippen LogP contribution in [0.3, 0.4) is 0 Å². The molecule has 1 saturated heterocycles. The summed E-state index contributed by atoms with van der Waals surface area (Å²) in [5.74, 6) is 0. The first-order chi connectivity index (χ1) is 4.81. The average Bonchev–Trinajstić information content (AvgIpc) is 1.91. The Hall–Kier alpha value is -0.0800. The molecule has 2 nitrogen and oxygen atoms in total. The molecule has 0 aromatic rings. The molecule has 0 aromatic heterocycles. The zero-order chi connectivity index (χ0) is 7.82. The number of piperidine rings is 1. The molecule has 0 amide bonds. The number of rotatable bonds is 0. The van der Waals surface area contributed by atoms with Crippen molar-refractivity contribution in [2.75, 3.05) is 13.1 Å². The molecule has 0 aromatic carbocycles. The predicted octanol–water partition coefficient (Wildman–Crippen LogP) is 1.15. The van der Waals surface area contributed by atoms with Gasteiger partial charge in [0.1, 0.15) is 0 Å². The second kappa shape index (κ2) is 7.03. The zero-order valence-electron chi connectivity index (χ0n) is 7.06. The lowest BCUT2D eigenvalue weighted by molar-refractivity contribution is 0.142. The lowest BCUT2D eigenvalue weighted by atomic mass is 10.1. The molecule has 10 heavy (non-hydrogen) atoms. The summed E-state index contributed by atoms with van der Waals surface area (Å²) < 4.78 is 0. The van der Waals surface area contributed by atoms with Crippen molar-refractivity contribution in [1.29, 1.82) is 0 Å². The largest absolute Gasteiger partial charge is 0.392 e. The molecule has 1 aliphatic rings. The Morgan fingerprint density at radius 1 is 1.50 bits per heavy atom. The Bertz CT molecular complexity index is 60.3. The number of β-amino-alcohol motifs (C(OH)–C–C–N with tert-alkyl or cyclic N) is 1. The van der Waals surface area contributed by atoms with Crippen LogP contribution in [-0.2, 0) is 0 Å². The van der Waals surface area contributed by atoms with Crippen molar-refractivity contribution in [1.82, 2.24) is 5.32 Å². The minimum absolute atomic E-state index is 0.0752. The Balaban J connectivity index is 0.000000236. The Labute approximate surface area is 63.6 Å². The third kappa shape index (κ3) is 6.05. The Morgan fingerprint density at radius 3 is 2.30 bits per heavy atom. The van der Waals surface area contributed by atoms with E-state index in [0.29, 0.717) is 0 Å². The second-order valence-corrected chi connectivity index (χ2v) is 2.71. The molecular weight excluding hydrogens is 126 g/mol. The molecule has 62 valence electrons. The highest BCUT2D eigenvalue weighted by Gasteiger charge is 2.06. The van der Waals surface area contributed by atoms with E-state index in [4.69, 9.17) is 5.11 Å². The van der Waals surface area contributed by atoms with E-state index in [0.717, 1.165) is 25.9 Å². The molecular formula is C8H19NO. The zero-order valence-corrected chi connectivity index (χ0v) is 7.06. The highest BCUT2D eigenvalue weighted by Crippen LogP contribution is 1.98. The monoisotopic (exact) mass is 145 g/mol. The number of hydrogen-bond donors (Lipinski definition) is 2. The third-order valence-corrected chi connectivity index (χ3v) is 1.27. The summed E-state index contributed by atoms with van der Waals surface area (Å²) in [5, 5.41) is 11.9. The fourth-order valence-electron chi connectivity index (χ4n) is 0.833. The average molecular weight is 145 g/mol. The molecule has 1 heterocycles. The van der Waals surface area contributed by atoms with Gasteiger partial charge in [0.25, 0.3) is 0 Å². The molecule has 1 rings (SSSR count). The van der Waals surface area contributed by atoms with Gasteiger partial charge in [-0.15, -0.1) is 0 Å². The molecule has 2 heteroatoms. The number of aliphatic hydroxyl groups excluding tert-OH is 1. The van der Waals surface area contributed by atoms with E-state index < -0.39 is 0 Å². The summed E-state index contributed by atoms with van der Waals surface area (Å²) in [4.78, 5) is 0. The van der Waals surface area contributed by atoms with Crippen molar-refractivity contribution >= 4 is 0 Å². The molecule has 1 atom stereocenters. The Morgan fingerprint density at radius 2 is 2.10 bits per heavy atom. The molecule has 2 N–H and O–H groups in total. The van der Waals surface area contributed by atoms with E-state index in [9.17, 15) is 0 Å². The molecule has 0 spiro atoms. The van der Waals surface area contributed by atoms with Crippen LogP contribution in [-0.4, -0.2) is 24.3 Å². The normalized spacial score (nSPS) is 24.9. The highest BCUT2D eigenvalue weighted by atomic mass is 16.3. The number of nitrogens with one attached hydrogen (secondary N) is 1. The standard InChI is InChI=1S/C5H11NO.C3H8/c7-5-2-1-3-6-4-5;1-3-2/h5-7H,1-4H2;3H2,1-2H3. The van der Waals surface area contributed by atoms with Crippen LogP contribution in [0.25, 0.3) is 0 Å². The molecule has 0 bridgehead atoms. The summed E-state index contributed by atoms with van der Waals surface area (Å²) in [7, 11) is 0. The Kier molecular flexibility index (Phi) is 6.98. The van der Waals surface area contributed by atoms with E-state index in [1.54, 1.807) is 0 Å². The summed E-state index contributed by atoms with van der Waals surface area (Å²) in [6.07, 6.45) is 3.28. The summed E-state index contributed by atoms with van der Waals surface area (Å²) in [6.45, 7) is 6.12. The smallest absolute Gasteiger partial charge is 0.0665 e. The van der Waals surface area contributed by atoms with E-state index in [1.807, 2.05) is 0 Å². The van der Waals surface area contributed by atoms with Gasteiger partial charge in [-0.05, 0) is 19.4 Å². The van der Waals surface area contributed by atoms with Crippen molar-refractivity contribution in [3.63, 3.8) is 0 Å². The van der Waals surface area contributed by atoms with E-state index >= 15 is 0 Å². The van der Waals surface area contributed by atoms with Crippen LogP contribution in [0.2, 0.25) is 0 Å². The van der Waals surface area contributed by atoms with Crippen LogP contribution in [0, 0.1) is 0 Å². The highest BCUT2D eigenvalue weighted by molar-refractivity contribution is 4.65. The molecule has 0 saturated carbocycles. The maximum atomic E-state index is 8.85. The van der Waals surface area contributed by atoms with Gasteiger partial charge in [-0.25, -0.2) is 0 Å². The van der Waals surface area contributed by atoms with Crippen LogP contribution >= 0.6 is 0 Å². The van der Waals surface area contributed by atoms with Gasteiger partial charge in [0.2, 0.25) is 0 Å². The SMILES string of the molecule is CCC.OC1CCCNC1. The minimum atomic E-state index is -0.0752. The van der Waals surface area contributed by atoms with E-state index in [2.05, 4.69) is 19.2 Å².